The van der Waals surface area contributed by atoms with Gasteiger partial charge in [-0.15, -0.1) is 0 Å². The van der Waals surface area contributed by atoms with Crippen LogP contribution in [0.3, 0.4) is 0 Å². The Morgan fingerprint density at radius 1 is 0.957 bits per heavy atom. The number of fused-ring (bicyclic) bond motifs is 1. The minimum Gasteiger partial charge on any atom is -0.245 e. The van der Waals surface area contributed by atoms with Crippen molar-refractivity contribution in [1.29, 1.82) is 5.26 Å². The number of rotatable bonds is 3. The fraction of sp³-hybridized carbons (Fsp3) is 0.0625. The molecule has 0 aliphatic heterocycles. The van der Waals surface area contributed by atoms with E-state index in [0.29, 0.717) is 11.0 Å². The van der Waals surface area contributed by atoms with Gasteiger partial charge in [0.15, 0.2) is 10.4 Å². The van der Waals surface area contributed by atoms with Crippen LogP contribution in [-0.2, 0) is 9.84 Å². The Morgan fingerprint density at radius 2 is 1.52 bits per heavy atom. The third-order valence-corrected chi connectivity index (χ3v) is 5.46. The zero-order valence-electron chi connectivity index (χ0n) is 11.7. The molecule has 0 radical (unpaired) electrons. The summed E-state index contributed by atoms with van der Waals surface area (Å²) in [6.45, 7) is 0. The van der Waals surface area contributed by atoms with E-state index in [2.05, 4.69) is 9.97 Å². The van der Waals surface area contributed by atoms with E-state index in [9.17, 15) is 13.7 Å². The smallest absolute Gasteiger partial charge is 0.200 e. The molecule has 0 saturated heterocycles. The van der Waals surface area contributed by atoms with Gasteiger partial charge < -0.3 is 0 Å². The zero-order chi connectivity index (χ0) is 16.4. The van der Waals surface area contributed by atoms with Gasteiger partial charge in [-0.25, -0.2) is 18.4 Å². The molecule has 0 aliphatic rings. The van der Waals surface area contributed by atoms with Gasteiger partial charge in [0, 0.05) is 0 Å². The predicted molar refractivity (Wildman–Crippen MR) is 86.5 cm³/mol. The molecule has 3 aromatic rings. The zero-order valence-corrected chi connectivity index (χ0v) is 13.3. The molecular weight excluding hydrogens is 334 g/mol. The first-order chi connectivity index (χ1) is 11.0. The lowest BCUT2D eigenvalue weighted by molar-refractivity contribution is 0.590. The van der Waals surface area contributed by atoms with Crippen molar-refractivity contribution in [2.24, 2.45) is 0 Å². The average molecular weight is 344 g/mol. The maximum atomic E-state index is 12.7. The van der Waals surface area contributed by atoms with E-state index in [4.69, 9.17) is 11.6 Å². The Balaban J connectivity index is 2.19. The molecular formula is C16H10ClN3O2S. The molecule has 0 unspecified atom stereocenters. The minimum absolute atomic E-state index is 0.0394. The summed E-state index contributed by atoms with van der Waals surface area (Å²) in [5.74, 6) is 0. The fourth-order valence-electron chi connectivity index (χ4n) is 2.18. The van der Waals surface area contributed by atoms with Crippen molar-refractivity contribution in [2.45, 2.75) is 10.1 Å². The highest BCUT2D eigenvalue weighted by atomic mass is 35.5. The first-order valence-electron chi connectivity index (χ1n) is 6.65. The number of nitriles is 1. The molecule has 0 amide bonds. The molecule has 3 rings (SSSR count). The second-order valence-electron chi connectivity index (χ2n) is 4.76. The predicted octanol–water partition coefficient (Wildman–Crippen LogP) is 3.32. The number of sulfone groups is 1. The highest BCUT2D eigenvalue weighted by molar-refractivity contribution is 7.92. The third-order valence-electron chi connectivity index (χ3n) is 3.30. The summed E-state index contributed by atoms with van der Waals surface area (Å²) < 4.78 is 25.4. The monoisotopic (exact) mass is 343 g/mol. The van der Waals surface area contributed by atoms with Crippen LogP contribution in [0.25, 0.3) is 11.0 Å². The number of nitrogens with zero attached hydrogens (tertiary/aromatic N) is 3. The molecule has 1 heterocycles. The number of hydrogen-bond donors (Lipinski definition) is 0. The van der Waals surface area contributed by atoms with Crippen molar-refractivity contribution in [2.75, 3.05) is 0 Å². The lowest BCUT2D eigenvalue weighted by Gasteiger charge is -2.12. The first-order valence-corrected chi connectivity index (χ1v) is 8.57. The molecule has 114 valence electrons. The maximum Gasteiger partial charge on any atom is 0.200 e. The molecule has 1 aromatic heterocycles. The highest BCUT2D eigenvalue weighted by Gasteiger charge is 2.32. The molecule has 0 spiro atoms. The van der Waals surface area contributed by atoms with Gasteiger partial charge in [-0.1, -0.05) is 41.9 Å². The normalized spacial score (nSPS) is 12.7. The lowest BCUT2D eigenvalue weighted by Crippen LogP contribution is -2.14. The minimum atomic E-state index is -3.94. The van der Waals surface area contributed by atoms with Crippen molar-refractivity contribution >= 4 is 32.5 Å². The number of benzene rings is 2. The van der Waals surface area contributed by atoms with Crippen LogP contribution >= 0.6 is 11.6 Å². The van der Waals surface area contributed by atoms with E-state index < -0.39 is 15.1 Å². The molecule has 5 nitrogen and oxygen atoms in total. The SMILES string of the molecule is N#C[C@H](c1nc2ccccc2nc1Cl)S(=O)(=O)c1ccccc1. The molecule has 2 aromatic carbocycles. The summed E-state index contributed by atoms with van der Waals surface area (Å²) >= 11 is 6.08. The number of aromatic nitrogens is 2. The second-order valence-corrected chi connectivity index (χ2v) is 7.15. The fourth-order valence-corrected chi connectivity index (χ4v) is 3.90. The first kappa shape index (κ1) is 15.4. The van der Waals surface area contributed by atoms with Crippen LogP contribution in [0, 0.1) is 11.3 Å². The van der Waals surface area contributed by atoms with E-state index in [1.807, 2.05) is 0 Å². The van der Waals surface area contributed by atoms with Crippen molar-refractivity contribution in [1.82, 2.24) is 9.97 Å². The Hall–Kier alpha value is -2.49. The van der Waals surface area contributed by atoms with Crippen LogP contribution in [0.5, 0.6) is 0 Å². The van der Waals surface area contributed by atoms with E-state index in [1.165, 1.54) is 12.1 Å². The van der Waals surface area contributed by atoms with Gasteiger partial charge in [0.05, 0.1) is 22.0 Å². The summed E-state index contributed by atoms with van der Waals surface area (Å²) in [5, 5.41) is 7.81. The molecule has 0 saturated carbocycles. The number of halogens is 1. The quantitative estimate of drug-likeness (QED) is 0.728. The topological polar surface area (TPSA) is 83.7 Å². The Kier molecular flexibility index (Phi) is 3.99. The molecule has 23 heavy (non-hydrogen) atoms. The average Bonchev–Trinajstić information content (AvgIpc) is 2.56. The van der Waals surface area contributed by atoms with Crippen LogP contribution in [0.4, 0.5) is 0 Å². The summed E-state index contributed by atoms with van der Waals surface area (Å²) in [6.07, 6.45) is 0. The molecule has 0 bridgehead atoms. The van der Waals surface area contributed by atoms with Crippen LogP contribution in [0.1, 0.15) is 10.9 Å². The summed E-state index contributed by atoms with van der Waals surface area (Å²) in [4.78, 5) is 8.42. The van der Waals surface area contributed by atoms with Crippen LogP contribution in [-0.4, -0.2) is 18.4 Å². The van der Waals surface area contributed by atoms with E-state index >= 15 is 0 Å². The van der Waals surface area contributed by atoms with Gasteiger partial charge in [-0.05, 0) is 24.3 Å². The highest BCUT2D eigenvalue weighted by Crippen LogP contribution is 2.31. The summed E-state index contributed by atoms with van der Waals surface area (Å²) in [7, 11) is -3.94. The largest absolute Gasteiger partial charge is 0.245 e. The molecule has 0 aliphatic carbocycles. The van der Waals surface area contributed by atoms with Gasteiger partial charge in [0.25, 0.3) is 0 Å². The van der Waals surface area contributed by atoms with Gasteiger partial charge in [-0.3, -0.25) is 0 Å². The molecule has 7 heteroatoms. The molecule has 0 fully saturated rings. The van der Waals surface area contributed by atoms with Gasteiger partial charge in [0.2, 0.25) is 9.84 Å². The van der Waals surface area contributed by atoms with Gasteiger partial charge in [-0.2, -0.15) is 5.26 Å². The van der Waals surface area contributed by atoms with Crippen molar-refractivity contribution in [3.63, 3.8) is 0 Å². The Morgan fingerprint density at radius 3 is 2.13 bits per heavy atom. The van der Waals surface area contributed by atoms with Crippen LogP contribution in [0.2, 0.25) is 5.15 Å². The standard InChI is InChI=1S/C16H10ClN3O2S/c17-16-15(19-12-8-4-5-9-13(12)20-16)14(10-18)23(21,22)11-6-2-1-3-7-11/h1-9,14H/t14-/m1/s1. The molecule has 1 atom stereocenters. The van der Waals surface area contributed by atoms with Crippen molar-refractivity contribution in [3.8, 4) is 6.07 Å². The second kappa shape index (κ2) is 5.95. The van der Waals surface area contributed by atoms with Crippen LogP contribution < -0.4 is 0 Å². The molecule has 0 N–H and O–H groups in total. The van der Waals surface area contributed by atoms with E-state index in [0.717, 1.165) is 0 Å². The number of para-hydroxylation sites is 2. The van der Waals surface area contributed by atoms with E-state index in [-0.39, 0.29) is 15.7 Å². The Labute approximate surface area is 138 Å². The van der Waals surface area contributed by atoms with Crippen molar-refractivity contribution < 1.29 is 8.42 Å². The summed E-state index contributed by atoms with van der Waals surface area (Å²) in [5.41, 5.74) is 0.960. The van der Waals surface area contributed by atoms with Crippen molar-refractivity contribution in [3.05, 3.63) is 65.4 Å². The number of hydrogen-bond acceptors (Lipinski definition) is 5. The van der Waals surface area contributed by atoms with Gasteiger partial charge in [0.1, 0.15) is 5.69 Å². The third kappa shape index (κ3) is 2.77. The Bertz CT molecular complexity index is 1010. The maximum absolute atomic E-state index is 12.7. The lowest BCUT2D eigenvalue weighted by atomic mass is 10.2. The van der Waals surface area contributed by atoms with Crippen LogP contribution in [0.15, 0.2) is 59.5 Å². The van der Waals surface area contributed by atoms with E-state index in [1.54, 1.807) is 48.5 Å². The summed E-state index contributed by atoms with van der Waals surface area (Å²) in [6, 6.07) is 16.5. The van der Waals surface area contributed by atoms with Gasteiger partial charge >= 0.3 is 0 Å².